The molecule has 0 spiro atoms. The molecule has 1 aromatic rings. The van der Waals surface area contributed by atoms with Crippen LogP contribution in [-0.4, -0.2) is 39.8 Å². The van der Waals surface area contributed by atoms with Gasteiger partial charge < -0.3 is 15.0 Å². The highest BCUT2D eigenvalue weighted by atomic mass is 16.5. The van der Waals surface area contributed by atoms with E-state index < -0.39 is 0 Å². The van der Waals surface area contributed by atoms with Gasteiger partial charge in [-0.1, -0.05) is 25.5 Å². The largest absolute Gasteiger partial charge is 0.469 e. The van der Waals surface area contributed by atoms with Crippen LogP contribution in [0.3, 0.4) is 0 Å². The van der Waals surface area contributed by atoms with Crippen LogP contribution in [-0.2, 0) is 16.0 Å². The first-order chi connectivity index (χ1) is 10.1. The van der Waals surface area contributed by atoms with Crippen molar-refractivity contribution in [2.75, 3.05) is 32.6 Å². The van der Waals surface area contributed by atoms with E-state index in [-0.39, 0.29) is 12.0 Å². The summed E-state index contributed by atoms with van der Waals surface area (Å²) in [7, 11) is 5.50. The minimum absolute atomic E-state index is 0.134. The highest BCUT2D eigenvalue weighted by Gasteiger charge is 2.14. The highest BCUT2D eigenvalue weighted by Crippen LogP contribution is 2.14. The van der Waals surface area contributed by atoms with Crippen LogP contribution in [0.1, 0.15) is 31.7 Å². The maximum atomic E-state index is 11.5. The summed E-state index contributed by atoms with van der Waals surface area (Å²) in [6.07, 6.45) is 3.52. The van der Waals surface area contributed by atoms with Crippen LogP contribution in [0, 0.1) is 0 Å². The third-order valence-corrected chi connectivity index (χ3v) is 3.54. The van der Waals surface area contributed by atoms with Gasteiger partial charge in [0.1, 0.15) is 0 Å². The number of benzene rings is 1. The number of ether oxygens (including phenoxy) is 1. The first kappa shape index (κ1) is 17.5. The molecule has 0 aliphatic heterocycles. The third-order valence-electron chi connectivity index (χ3n) is 3.54. The van der Waals surface area contributed by atoms with E-state index in [4.69, 9.17) is 4.74 Å². The van der Waals surface area contributed by atoms with Gasteiger partial charge in [-0.15, -0.1) is 0 Å². The molecule has 1 aromatic carbocycles. The van der Waals surface area contributed by atoms with Crippen LogP contribution in [0.15, 0.2) is 24.3 Å². The van der Waals surface area contributed by atoms with Gasteiger partial charge in [0.25, 0.3) is 0 Å². The molecule has 0 aromatic heterocycles. The zero-order chi connectivity index (χ0) is 15.7. The van der Waals surface area contributed by atoms with Crippen molar-refractivity contribution < 1.29 is 9.53 Å². The lowest BCUT2D eigenvalue weighted by atomic mass is 10.0. The summed E-state index contributed by atoms with van der Waals surface area (Å²) in [6.45, 7) is 3.10. The standard InChI is InChI=1S/C17H28N2O2/c1-5-6-11-18-15(13-17(20)21-4)12-14-7-9-16(10-8-14)19(2)3/h7-10,15,18H,5-6,11-13H2,1-4H3. The molecule has 0 heterocycles. The van der Waals surface area contributed by atoms with Gasteiger partial charge in [0.05, 0.1) is 13.5 Å². The molecule has 0 radical (unpaired) electrons. The van der Waals surface area contributed by atoms with E-state index in [1.165, 1.54) is 18.4 Å². The topological polar surface area (TPSA) is 41.6 Å². The average molecular weight is 292 g/mol. The number of hydrogen-bond donors (Lipinski definition) is 1. The Balaban J connectivity index is 2.62. The normalized spacial score (nSPS) is 12.0. The van der Waals surface area contributed by atoms with Crippen molar-refractivity contribution in [3.63, 3.8) is 0 Å². The van der Waals surface area contributed by atoms with Crippen LogP contribution in [0.5, 0.6) is 0 Å². The Morgan fingerprint density at radius 1 is 1.29 bits per heavy atom. The number of nitrogens with zero attached hydrogens (tertiary/aromatic N) is 1. The maximum absolute atomic E-state index is 11.5. The third kappa shape index (κ3) is 6.63. The fraction of sp³-hybridized carbons (Fsp3) is 0.588. The smallest absolute Gasteiger partial charge is 0.307 e. The van der Waals surface area contributed by atoms with Crippen molar-refractivity contribution in [2.24, 2.45) is 0 Å². The van der Waals surface area contributed by atoms with Crippen molar-refractivity contribution in [3.05, 3.63) is 29.8 Å². The number of esters is 1. The molecule has 21 heavy (non-hydrogen) atoms. The number of methoxy groups -OCH3 is 1. The van der Waals surface area contributed by atoms with Crippen LogP contribution in [0.2, 0.25) is 0 Å². The predicted octanol–water partition coefficient (Wildman–Crippen LogP) is 2.62. The molecule has 4 nitrogen and oxygen atoms in total. The van der Waals surface area contributed by atoms with Gasteiger partial charge in [0.15, 0.2) is 0 Å². The zero-order valence-corrected chi connectivity index (χ0v) is 13.7. The van der Waals surface area contributed by atoms with Crippen molar-refractivity contribution in [3.8, 4) is 0 Å². The Labute approximate surface area is 128 Å². The monoisotopic (exact) mass is 292 g/mol. The van der Waals surface area contributed by atoms with E-state index >= 15 is 0 Å². The lowest BCUT2D eigenvalue weighted by Gasteiger charge is -2.18. The lowest BCUT2D eigenvalue weighted by molar-refractivity contribution is -0.141. The first-order valence-corrected chi connectivity index (χ1v) is 7.63. The second-order valence-electron chi connectivity index (χ2n) is 5.55. The summed E-state index contributed by atoms with van der Waals surface area (Å²) >= 11 is 0. The minimum atomic E-state index is -0.158. The molecule has 0 aliphatic carbocycles. The summed E-state index contributed by atoms with van der Waals surface area (Å²) in [4.78, 5) is 13.6. The summed E-state index contributed by atoms with van der Waals surface area (Å²) in [5.74, 6) is -0.158. The van der Waals surface area contributed by atoms with Crippen LogP contribution in [0.4, 0.5) is 5.69 Å². The van der Waals surface area contributed by atoms with Crippen LogP contribution < -0.4 is 10.2 Å². The molecule has 118 valence electrons. The summed E-state index contributed by atoms with van der Waals surface area (Å²) < 4.78 is 4.79. The molecular formula is C17H28N2O2. The number of anilines is 1. The van der Waals surface area contributed by atoms with Gasteiger partial charge in [-0.25, -0.2) is 0 Å². The minimum Gasteiger partial charge on any atom is -0.469 e. The van der Waals surface area contributed by atoms with E-state index in [2.05, 4.69) is 41.4 Å². The van der Waals surface area contributed by atoms with Gasteiger partial charge in [0, 0.05) is 25.8 Å². The molecule has 1 N–H and O–H groups in total. The van der Waals surface area contributed by atoms with E-state index in [1.54, 1.807) is 0 Å². The number of rotatable bonds is 9. The highest BCUT2D eigenvalue weighted by molar-refractivity contribution is 5.70. The summed E-state index contributed by atoms with van der Waals surface area (Å²) in [6, 6.07) is 8.60. The van der Waals surface area contributed by atoms with Crippen molar-refractivity contribution in [1.29, 1.82) is 0 Å². The fourth-order valence-electron chi connectivity index (χ4n) is 2.20. The van der Waals surface area contributed by atoms with Gasteiger partial charge in [-0.3, -0.25) is 4.79 Å². The second-order valence-corrected chi connectivity index (χ2v) is 5.55. The molecule has 1 rings (SSSR count). The van der Waals surface area contributed by atoms with Crippen LogP contribution >= 0.6 is 0 Å². The molecule has 4 heteroatoms. The fourth-order valence-corrected chi connectivity index (χ4v) is 2.20. The maximum Gasteiger partial charge on any atom is 0.307 e. The predicted molar refractivity (Wildman–Crippen MR) is 87.8 cm³/mol. The Hall–Kier alpha value is -1.55. The molecule has 0 saturated carbocycles. The van der Waals surface area contributed by atoms with E-state index in [9.17, 15) is 4.79 Å². The number of carbonyl (C=O) groups is 1. The summed E-state index contributed by atoms with van der Waals surface area (Å²) in [5, 5.41) is 3.46. The molecule has 0 bridgehead atoms. The molecule has 0 fully saturated rings. The van der Waals surface area contributed by atoms with Crippen molar-refractivity contribution >= 4 is 11.7 Å². The Bertz CT molecular complexity index is 415. The number of unbranched alkanes of at least 4 members (excludes halogenated alkanes) is 1. The Morgan fingerprint density at radius 3 is 2.48 bits per heavy atom. The number of nitrogens with one attached hydrogen (secondary N) is 1. The van der Waals surface area contributed by atoms with Gasteiger partial charge in [-0.2, -0.15) is 0 Å². The molecule has 0 aliphatic rings. The molecule has 1 atom stereocenters. The second kappa shape index (κ2) is 9.40. The van der Waals surface area contributed by atoms with Gasteiger partial charge >= 0.3 is 5.97 Å². The zero-order valence-electron chi connectivity index (χ0n) is 13.7. The van der Waals surface area contributed by atoms with Gasteiger partial charge in [-0.05, 0) is 37.1 Å². The quantitative estimate of drug-likeness (QED) is 0.561. The van der Waals surface area contributed by atoms with Crippen LogP contribution in [0.25, 0.3) is 0 Å². The van der Waals surface area contributed by atoms with Crippen molar-refractivity contribution in [1.82, 2.24) is 5.32 Å². The SMILES string of the molecule is CCCCNC(CC(=O)OC)Cc1ccc(N(C)C)cc1. The molecule has 0 saturated heterocycles. The number of carbonyl (C=O) groups excluding carboxylic acids is 1. The summed E-state index contributed by atoms with van der Waals surface area (Å²) in [5.41, 5.74) is 2.42. The first-order valence-electron chi connectivity index (χ1n) is 7.63. The molecule has 0 amide bonds. The number of hydrogen-bond acceptors (Lipinski definition) is 4. The van der Waals surface area contributed by atoms with E-state index in [0.29, 0.717) is 6.42 Å². The molecule has 1 unspecified atom stereocenters. The van der Waals surface area contributed by atoms with Crippen molar-refractivity contribution in [2.45, 2.75) is 38.6 Å². The molecular weight excluding hydrogens is 264 g/mol. The van der Waals surface area contributed by atoms with E-state index in [0.717, 1.165) is 25.8 Å². The average Bonchev–Trinajstić information content (AvgIpc) is 2.47. The Kier molecular flexibility index (Phi) is 7.83. The van der Waals surface area contributed by atoms with Gasteiger partial charge in [0.2, 0.25) is 0 Å². The lowest BCUT2D eigenvalue weighted by Crippen LogP contribution is -2.34. The Morgan fingerprint density at radius 2 is 1.95 bits per heavy atom. The van der Waals surface area contributed by atoms with E-state index in [1.807, 2.05) is 14.1 Å².